The molecule has 2 saturated heterocycles. The van der Waals surface area contributed by atoms with Gasteiger partial charge in [0.2, 0.25) is 0 Å². The van der Waals surface area contributed by atoms with E-state index in [2.05, 4.69) is 15.0 Å². The topological polar surface area (TPSA) is 39.7 Å². The number of alkyl halides is 3. The van der Waals surface area contributed by atoms with Gasteiger partial charge in [0.1, 0.15) is 23.4 Å². The smallest absolute Gasteiger partial charge is 0.352 e. The molecule has 3 atom stereocenters. The van der Waals surface area contributed by atoms with Crippen molar-refractivity contribution in [3.8, 4) is 0 Å². The van der Waals surface area contributed by atoms with Gasteiger partial charge in [0, 0.05) is 24.5 Å². The Balaban J connectivity index is 1.63. The number of rotatable bonds is 2. The van der Waals surface area contributed by atoms with Crippen LogP contribution in [0.3, 0.4) is 0 Å². The average molecular weight is 372 g/mol. The number of nitrogens with zero attached hydrogens (tertiary/aromatic N) is 2. The monoisotopic (exact) mass is 372 g/mol. The van der Waals surface area contributed by atoms with Gasteiger partial charge in [-0.1, -0.05) is 0 Å². The number of anilines is 1. The highest BCUT2D eigenvalue weighted by atomic mass is 32.2. The van der Waals surface area contributed by atoms with Crippen LogP contribution in [0.1, 0.15) is 19.3 Å². The van der Waals surface area contributed by atoms with Crippen LogP contribution < -0.4 is 14.9 Å². The van der Waals surface area contributed by atoms with E-state index in [0.717, 1.165) is 18.7 Å². The number of hydrogen-bond donors (Lipinski definition) is 2. The third-order valence-corrected chi connectivity index (χ3v) is 6.15. The third kappa shape index (κ3) is 2.51. The van der Waals surface area contributed by atoms with Crippen molar-refractivity contribution in [1.29, 1.82) is 0 Å². The molecule has 0 aromatic heterocycles. The van der Waals surface area contributed by atoms with Crippen LogP contribution in [0.5, 0.6) is 0 Å². The SMILES string of the molecule is Fc1cc2c(c(N3C4CNC(C4)C3C(F)(F)F)c1)N=C(C1CC1)NS2. The number of nitrogens with one attached hydrogen (secondary N) is 2. The summed E-state index contributed by atoms with van der Waals surface area (Å²) in [5, 5.41) is 2.94. The highest BCUT2D eigenvalue weighted by Crippen LogP contribution is 2.49. The molecular weight excluding hydrogens is 356 g/mol. The van der Waals surface area contributed by atoms with Crippen molar-refractivity contribution < 1.29 is 17.6 Å². The van der Waals surface area contributed by atoms with Gasteiger partial charge in [-0.15, -0.1) is 0 Å². The van der Waals surface area contributed by atoms with E-state index in [0.29, 0.717) is 29.5 Å². The van der Waals surface area contributed by atoms with Gasteiger partial charge in [-0.3, -0.25) is 0 Å². The summed E-state index contributed by atoms with van der Waals surface area (Å²) in [7, 11) is 0. The minimum Gasteiger partial charge on any atom is -0.352 e. The Morgan fingerprint density at radius 1 is 1.24 bits per heavy atom. The van der Waals surface area contributed by atoms with Crippen molar-refractivity contribution in [3.05, 3.63) is 17.9 Å². The maximum atomic E-state index is 14.1. The van der Waals surface area contributed by atoms with E-state index in [1.54, 1.807) is 0 Å². The normalized spacial score (nSPS) is 31.0. The summed E-state index contributed by atoms with van der Waals surface area (Å²) in [6, 6.07) is -0.0411. The molecule has 0 radical (unpaired) electrons. The summed E-state index contributed by atoms with van der Waals surface area (Å²) in [6.07, 6.45) is -1.90. The van der Waals surface area contributed by atoms with Crippen LogP contribution in [0.2, 0.25) is 0 Å². The minimum absolute atomic E-state index is 0.262. The number of fused-ring (bicyclic) bond motifs is 3. The number of aliphatic imine (C=N–C) groups is 1. The van der Waals surface area contributed by atoms with Gasteiger partial charge in [0.15, 0.2) is 0 Å². The predicted octanol–water partition coefficient (Wildman–Crippen LogP) is 3.36. The van der Waals surface area contributed by atoms with Gasteiger partial charge in [-0.25, -0.2) is 9.38 Å². The molecule has 3 unspecified atom stereocenters. The first-order valence-corrected chi connectivity index (χ1v) is 9.17. The highest BCUT2D eigenvalue weighted by molar-refractivity contribution is 7.98. The van der Waals surface area contributed by atoms with Crippen LogP contribution in [0.4, 0.5) is 28.9 Å². The van der Waals surface area contributed by atoms with Crippen LogP contribution in [0.15, 0.2) is 22.0 Å². The molecule has 0 spiro atoms. The molecule has 1 aliphatic carbocycles. The fourth-order valence-electron chi connectivity index (χ4n) is 4.08. The summed E-state index contributed by atoms with van der Waals surface area (Å²) >= 11 is 1.24. The highest BCUT2D eigenvalue weighted by Gasteiger charge is 2.58. The molecule has 4 nitrogen and oxygen atoms in total. The Morgan fingerprint density at radius 3 is 2.76 bits per heavy atom. The minimum atomic E-state index is -4.38. The molecule has 25 heavy (non-hydrogen) atoms. The number of halogens is 4. The van der Waals surface area contributed by atoms with E-state index in [-0.39, 0.29) is 11.7 Å². The molecule has 5 rings (SSSR count). The van der Waals surface area contributed by atoms with Crippen LogP contribution in [-0.2, 0) is 0 Å². The first kappa shape index (κ1) is 15.7. The first-order chi connectivity index (χ1) is 11.9. The van der Waals surface area contributed by atoms with E-state index in [9.17, 15) is 17.6 Å². The lowest BCUT2D eigenvalue weighted by Crippen LogP contribution is -2.58. The molecule has 1 aromatic carbocycles. The van der Waals surface area contributed by atoms with Crippen molar-refractivity contribution in [3.63, 3.8) is 0 Å². The number of benzene rings is 1. The van der Waals surface area contributed by atoms with Crippen LogP contribution >= 0.6 is 11.9 Å². The lowest BCUT2D eigenvalue weighted by atomic mass is 10.1. The summed E-state index contributed by atoms with van der Waals surface area (Å²) in [5.41, 5.74) is 0.729. The molecule has 4 aliphatic rings. The second kappa shape index (κ2) is 5.26. The van der Waals surface area contributed by atoms with Crippen molar-refractivity contribution >= 4 is 29.2 Å². The Morgan fingerprint density at radius 2 is 2.04 bits per heavy atom. The first-order valence-electron chi connectivity index (χ1n) is 8.35. The van der Waals surface area contributed by atoms with Crippen LogP contribution in [0.25, 0.3) is 0 Å². The van der Waals surface area contributed by atoms with Crippen molar-refractivity contribution in [2.24, 2.45) is 10.9 Å². The fourth-order valence-corrected chi connectivity index (χ4v) is 4.93. The lowest BCUT2D eigenvalue weighted by molar-refractivity contribution is -0.152. The van der Waals surface area contributed by atoms with E-state index < -0.39 is 24.1 Å². The number of amidine groups is 1. The zero-order valence-electron chi connectivity index (χ0n) is 13.1. The van der Waals surface area contributed by atoms with Gasteiger partial charge >= 0.3 is 6.18 Å². The predicted molar refractivity (Wildman–Crippen MR) is 87.7 cm³/mol. The van der Waals surface area contributed by atoms with Gasteiger partial charge in [0.05, 0.1) is 10.6 Å². The zero-order chi connectivity index (χ0) is 17.3. The molecule has 1 saturated carbocycles. The van der Waals surface area contributed by atoms with E-state index in [4.69, 9.17) is 0 Å². The summed E-state index contributed by atoms with van der Waals surface area (Å²) in [6.45, 7) is 0.479. The number of piperazine rings is 1. The summed E-state index contributed by atoms with van der Waals surface area (Å²) in [4.78, 5) is 6.47. The number of hydrogen-bond acceptors (Lipinski definition) is 5. The van der Waals surface area contributed by atoms with Crippen molar-refractivity contribution in [2.75, 3.05) is 11.4 Å². The lowest BCUT2D eigenvalue weighted by Gasteiger charge is -2.39. The molecule has 0 amide bonds. The third-order valence-electron chi connectivity index (χ3n) is 5.31. The Kier molecular flexibility index (Phi) is 3.31. The molecular formula is C16H16F4N4S. The molecule has 9 heteroatoms. The van der Waals surface area contributed by atoms with E-state index in [1.807, 2.05) is 0 Å². The molecule has 2 N–H and O–H groups in total. The van der Waals surface area contributed by atoms with Crippen LogP contribution in [-0.4, -0.2) is 36.7 Å². The van der Waals surface area contributed by atoms with E-state index in [1.165, 1.54) is 29.0 Å². The Labute approximate surface area is 146 Å². The second-order valence-electron chi connectivity index (χ2n) is 7.05. The van der Waals surface area contributed by atoms with Gasteiger partial charge in [0.25, 0.3) is 0 Å². The maximum Gasteiger partial charge on any atom is 0.410 e. The molecule has 2 bridgehead atoms. The molecule has 3 aliphatic heterocycles. The Hall–Kier alpha value is -1.48. The Bertz CT molecular complexity index is 761. The second-order valence-corrected chi connectivity index (χ2v) is 7.89. The summed E-state index contributed by atoms with van der Waals surface area (Å²) < 4.78 is 58.3. The maximum absolute atomic E-state index is 14.1. The standard InChI is InChI=1S/C16H16F4N4S/c17-8-3-11(13-12(4-8)25-23-15(22-13)7-1-2-7)24-9-5-10(21-6-9)14(24)16(18,19)20/h3-4,7,9-10,14,21H,1-2,5-6H2,(H,22,23). The largest absolute Gasteiger partial charge is 0.410 e. The average Bonchev–Trinajstić information content (AvgIpc) is 3.20. The van der Waals surface area contributed by atoms with Gasteiger partial charge in [-0.05, 0) is 43.3 Å². The van der Waals surface area contributed by atoms with Gasteiger partial charge in [-0.2, -0.15) is 13.2 Å². The molecule has 134 valence electrons. The zero-order valence-corrected chi connectivity index (χ0v) is 13.9. The van der Waals surface area contributed by atoms with Crippen molar-refractivity contribution in [2.45, 2.75) is 48.5 Å². The fraction of sp³-hybridized carbons (Fsp3) is 0.562. The quantitative estimate of drug-likeness (QED) is 0.617. The molecule has 1 aromatic rings. The van der Waals surface area contributed by atoms with Crippen molar-refractivity contribution in [1.82, 2.24) is 10.0 Å². The van der Waals surface area contributed by atoms with E-state index >= 15 is 0 Å². The van der Waals surface area contributed by atoms with Gasteiger partial charge < -0.3 is 14.9 Å². The summed E-state index contributed by atoms with van der Waals surface area (Å²) in [5.74, 6) is 0.592. The molecule has 3 fully saturated rings. The molecule has 3 heterocycles. The van der Waals surface area contributed by atoms with Crippen LogP contribution in [0, 0.1) is 11.7 Å².